The van der Waals surface area contributed by atoms with E-state index >= 15 is 0 Å². The molecule has 2 heterocycles. The molecule has 0 radical (unpaired) electrons. The normalized spacial score (nSPS) is 26.6. The van der Waals surface area contributed by atoms with Crippen molar-refractivity contribution < 1.29 is 13.2 Å². The maximum absolute atomic E-state index is 12.9. The molecular formula is C13H20F3N3. The second-order valence-electron chi connectivity index (χ2n) is 6.15. The van der Waals surface area contributed by atoms with Crippen molar-refractivity contribution >= 4 is 0 Å². The highest BCUT2D eigenvalue weighted by Gasteiger charge is 2.46. The molecule has 0 saturated carbocycles. The highest BCUT2D eigenvalue weighted by molar-refractivity contribution is 5.09. The van der Waals surface area contributed by atoms with Crippen molar-refractivity contribution in [3.8, 4) is 0 Å². The van der Waals surface area contributed by atoms with Crippen LogP contribution in [0.5, 0.6) is 0 Å². The molecule has 0 amide bonds. The molecule has 108 valence electrons. The first-order chi connectivity index (χ1) is 8.69. The van der Waals surface area contributed by atoms with Crippen LogP contribution in [0.25, 0.3) is 0 Å². The number of nitrogens with zero attached hydrogens (tertiary/aromatic N) is 2. The first-order valence-corrected chi connectivity index (χ1v) is 6.52. The van der Waals surface area contributed by atoms with Gasteiger partial charge in [-0.3, -0.25) is 10.00 Å². The standard InChI is InChI=1S/C13H20F3N3/c1-12(2,3)19-7-5-9(13(14,15)16)8-11(19)10-4-6-17-18-10/h4,6,9,11H,5,7-8H2,1-3H3,(H,17,18)/t9-,11+/m0/s1. The number of piperidine rings is 1. The summed E-state index contributed by atoms with van der Waals surface area (Å²) >= 11 is 0. The summed E-state index contributed by atoms with van der Waals surface area (Å²) < 4.78 is 38.8. The number of hydrogen-bond acceptors (Lipinski definition) is 2. The van der Waals surface area contributed by atoms with E-state index in [0.29, 0.717) is 6.54 Å². The molecule has 0 bridgehead atoms. The van der Waals surface area contributed by atoms with Crippen LogP contribution in [0.15, 0.2) is 12.3 Å². The number of halogens is 3. The molecule has 19 heavy (non-hydrogen) atoms. The van der Waals surface area contributed by atoms with Gasteiger partial charge in [-0.25, -0.2) is 0 Å². The Balaban J connectivity index is 2.25. The molecule has 0 aromatic carbocycles. The van der Waals surface area contributed by atoms with Gasteiger partial charge in [0.1, 0.15) is 0 Å². The minimum atomic E-state index is -4.11. The minimum Gasteiger partial charge on any atom is -0.290 e. The molecule has 1 N–H and O–H groups in total. The van der Waals surface area contributed by atoms with Gasteiger partial charge in [-0.15, -0.1) is 0 Å². The average molecular weight is 275 g/mol. The smallest absolute Gasteiger partial charge is 0.290 e. The van der Waals surface area contributed by atoms with E-state index < -0.39 is 12.1 Å². The maximum Gasteiger partial charge on any atom is 0.391 e. The van der Waals surface area contributed by atoms with Gasteiger partial charge in [0.25, 0.3) is 0 Å². The Kier molecular flexibility index (Phi) is 3.64. The van der Waals surface area contributed by atoms with Gasteiger partial charge in [0, 0.05) is 11.7 Å². The average Bonchev–Trinajstić information content (AvgIpc) is 2.79. The van der Waals surface area contributed by atoms with E-state index in [4.69, 9.17) is 0 Å². The van der Waals surface area contributed by atoms with Crippen molar-refractivity contribution in [2.24, 2.45) is 5.92 Å². The SMILES string of the molecule is CC(C)(C)N1CC[C@H](C(F)(F)F)C[C@@H]1c1ccn[nH]1. The Labute approximate surface area is 111 Å². The van der Waals surface area contributed by atoms with Gasteiger partial charge in [0.05, 0.1) is 17.7 Å². The van der Waals surface area contributed by atoms with Gasteiger partial charge < -0.3 is 0 Å². The molecular weight excluding hydrogens is 255 g/mol. The first kappa shape index (κ1) is 14.4. The van der Waals surface area contributed by atoms with Crippen LogP contribution in [0.3, 0.4) is 0 Å². The van der Waals surface area contributed by atoms with Gasteiger partial charge in [-0.2, -0.15) is 18.3 Å². The number of aromatic amines is 1. The molecule has 3 nitrogen and oxygen atoms in total. The van der Waals surface area contributed by atoms with Crippen LogP contribution in [0.4, 0.5) is 13.2 Å². The lowest BCUT2D eigenvalue weighted by Gasteiger charge is -2.46. The third-order valence-electron chi connectivity index (χ3n) is 3.81. The summed E-state index contributed by atoms with van der Waals surface area (Å²) in [5.74, 6) is -1.22. The molecule has 1 aliphatic heterocycles. The molecule has 1 saturated heterocycles. The summed E-state index contributed by atoms with van der Waals surface area (Å²) in [6, 6.07) is 1.52. The second kappa shape index (κ2) is 4.81. The van der Waals surface area contributed by atoms with Crippen molar-refractivity contribution in [3.05, 3.63) is 18.0 Å². The number of hydrogen-bond donors (Lipinski definition) is 1. The van der Waals surface area contributed by atoms with Crippen molar-refractivity contribution in [1.29, 1.82) is 0 Å². The van der Waals surface area contributed by atoms with Gasteiger partial charge in [-0.1, -0.05) is 0 Å². The zero-order valence-corrected chi connectivity index (χ0v) is 11.5. The summed E-state index contributed by atoms with van der Waals surface area (Å²) in [4.78, 5) is 2.13. The third kappa shape index (κ3) is 3.11. The predicted octanol–water partition coefficient (Wildman–Crippen LogP) is 3.52. The quantitative estimate of drug-likeness (QED) is 0.850. The minimum absolute atomic E-state index is 0.100. The molecule has 2 rings (SSSR count). The fourth-order valence-electron chi connectivity index (χ4n) is 2.81. The summed E-state index contributed by atoms with van der Waals surface area (Å²) in [6.45, 7) is 6.55. The molecule has 1 aromatic rings. The van der Waals surface area contributed by atoms with Gasteiger partial charge in [0.2, 0.25) is 0 Å². The lowest BCUT2D eigenvalue weighted by atomic mass is 9.85. The summed E-state index contributed by atoms with van der Waals surface area (Å²) in [6.07, 6.45) is -2.25. The van der Waals surface area contributed by atoms with E-state index in [2.05, 4.69) is 15.1 Å². The van der Waals surface area contributed by atoms with E-state index in [0.717, 1.165) is 5.69 Å². The third-order valence-corrected chi connectivity index (χ3v) is 3.81. The topological polar surface area (TPSA) is 31.9 Å². The number of rotatable bonds is 1. The first-order valence-electron chi connectivity index (χ1n) is 6.52. The van der Waals surface area contributed by atoms with Gasteiger partial charge in [-0.05, 0) is 46.2 Å². The summed E-state index contributed by atoms with van der Waals surface area (Å²) in [7, 11) is 0. The number of nitrogens with one attached hydrogen (secondary N) is 1. The Morgan fingerprint density at radius 1 is 1.32 bits per heavy atom. The molecule has 0 aliphatic carbocycles. The summed E-state index contributed by atoms with van der Waals surface area (Å²) in [5.41, 5.74) is 0.607. The number of alkyl halides is 3. The Bertz CT molecular complexity index is 406. The maximum atomic E-state index is 12.9. The van der Waals surface area contributed by atoms with Crippen LogP contribution in [0.1, 0.15) is 45.3 Å². The van der Waals surface area contributed by atoms with E-state index in [1.807, 2.05) is 20.8 Å². The number of likely N-dealkylation sites (tertiary alicyclic amines) is 1. The molecule has 0 spiro atoms. The molecule has 6 heteroatoms. The Morgan fingerprint density at radius 2 is 2.00 bits per heavy atom. The second-order valence-corrected chi connectivity index (χ2v) is 6.15. The molecule has 1 fully saturated rings. The monoisotopic (exact) mass is 275 g/mol. The van der Waals surface area contributed by atoms with Crippen LogP contribution in [0.2, 0.25) is 0 Å². The van der Waals surface area contributed by atoms with E-state index in [9.17, 15) is 13.2 Å². The Hall–Kier alpha value is -1.04. The molecule has 2 atom stereocenters. The fourth-order valence-corrected chi connectivity index (χ4v) is 2.81. The van der Waals surface area contributed by atoms with Crippen LogP contribution in [-0.4, -0.2) is 33.4 Å². The lowest BCUT2D eigenvalue weighted by molar-refractivity contribution is -0.194. The number of H-pyrrole nitrogens is 1. The van der Waals surface area contributed by atoms with Crippen molar-refractivity contribution in [3.63, 3.8) is 0 Å². The van der Waals surface area contributed by atoms with Gasteiger partial charge >= 0.3 is 6.18 Å². The molecule has 1 aromatic heterocycles. The largest absolute Gasteiger partial charge is 0.391 e. The zero-order chi connectivity index (χ0) is 14.3. The highest BCUT2D eigenvalue weighted by Crippen LogP contribution is 2.43. The molecule has 1 aliphatic rings. The van der Waals surface area contributed by atoms with Crippen LogP contribution in [-0.2, 0) is 0 Å². The fraction of sp³-hybridized carbons (Fsp3) is 0.769. The zero-order valence-electron chi connectivity index (χ0n) is 11.5. The van der Waals surface area contributed by atoms with Crippen molar-refractivity contribution in [2.75, 3.05) is 6.54 Å². The highest BCUT2D eigenvalue weighted by atomic mass is 19.4. The van der Waals surface area contributed by atoms with E-state index in [1.54, 1.807) is 12.3 Å². The van der Waals surface area contributed by atoms with Crippen molar-refractivity contribution in [1.82, 2.24) is 15.1 Å². The number of aromatic nitrogens is 2. The van der Waals surface area contributed by atoms with E-state index in [1.165, 1.54) is 0 Å². The van der Waals surface area contributed by atoms with Crippen LogP contribution in [0, 0.1) is 5.92 Å². The van der Waals surface area contributed by atoms with Crippen molar-refractivity contribution in [2.45, 2.75) is 51.4 Å². The van der Waals surface area contributed by atoms with E-state index in [-0.39, 0.29) is 24.4 Å². The molecule has 0 unspecified atom stereocenters. The predicted molar refractivity (Wildman–Crippen MR) is 66.6 cm³/mol. The van der Waals surface area contributed by atoms with Crippen LogP contribution >= 0.6 is 0 Å². The van der Waals surface area contributed by atoms with Crippen LogP contribution < -0.4 is 0 Å². The summed E-state index contributed by atoms with van der Waals surface area (Å²) in [5, 5.41) is 6.69. The lowest BCUT2D eigenvalue weighted by Crippen LogP contribution is -2.50. The Morgan fingerprint density at radius 3 is 2.47 bits per heavy atom. The van der Waals surface area contributed by atoms with Gasteiger partial charge in [0.15, 0.2) is 0 Å².